The summed E-state index contributed by atoms with van der Waals surface area (Å²) in [4.78, 5) is 2.28. The summed E-state index contributed by atoms with van der Waals surface area (Å²) in [5, 5.41) is 0. The number of benzene rings is 1. The molecule has 5 heteroatoms. The molecule has 0 radical (unpaired) electrons. The SMILES string of the molecule is COCCCOCCN(CCCN)c1cccc(OC)c1. The van der Waals surface area contributed by atoms with Gasteiger partial charge in [0.25, 0.3) is 0 Å². The lowest BCUT2D eigenvalue weighted by molar-refractivity contribution is 0.107. The van der Waals surface area contributed by atoms with E-state index in [2.05, 4.69) is 11.0 Å². The molecule has 120 valence electrons. The van der Waals surface area contributed by atoms with Crippen molar-refractivity contribution in [2.45, 2.75) is 12.8 Å². The highest BCUT2D eigenvalue weighted by Crippen LogP contribution is 2.20. The lowest BCUT2D eigenvalue weighted by Gasteiger charge is -2.25. The van der Waals surface area contributed by atoms with E-state index in [9.17, 15) is 0 Å². The number of nitrogens with zero attached hydrogens (tertiary/aromatic N) is 1. The Hall–Kier alpha value is -1.30. The fourth-order valence-electron chi connectivity index (χ4n) is 2.04. The van der Waals surface area contributed by atoms with E-state index in [4.69, 9.17) is 19.9 Å². The molecule has 0 unspecified atom stereocenters. The number of anilines is 1. The Bertz CT molecular complexity index is 374. The van der Waals surface area contributed by atoms with Crippen LogP contribution in [-0.4, -0.2) is 53.7 Å². The van der Waals surface area contributed by atoms with Gasteiger partial charge in [-0.1, -0.05) is 6.07 Å². The predicted octanol–water partition coefficient (Wildman–Crippen LogP) is 1.90. The Balaban J connectivity index is 2.46. The third-order valence-corrected chi connectivity index (χ3v) is 3.19. The van der Waals surface area contributed by atoms with Crippen LogP contribution in [0.4, 0.5) is 5.69 Å². The van der Waals surface area contributed by atoms with Crippen LogP contribution in [0, 0.1) is 0 Å². The minimum Gasteiger partial charge on any atom is -0.497 e. The minimum atomic E-state index is 0.690. The number of nitrogens with two attached hydrogens (primary N) is 1. The largest absolute Gasteiger partial charge is 0.497 e. The average molecular weight is 296 g/mol. The molecule has 2 N–H and O–H groups in total. The molecule has 0 fully saturated rings. The first-order chi connectivity index (χ1) is 10.3. The molecule has 0 aromatic heterocycles. The van der Waals surface area contributed by atoms with Crippen LogP contribution in [0.3, 0.4) is 0 Å². The smallest absolute Gasteiger partial charge is 0.120 e. The van der Waals surface area contributed by atoms with Crippen LogP contribution in [-0.2, 0) is 9.47 Å². The van der Waals surface area contributed by atoms with Gasteiger partial charge < -0.3 is 24.8 Å². The van der Waals surface area contributed by atoms with Crippen LogP contribution >= 0.6 is 0 Å². The van der Waals surface area contributed by atoms with Gasteiger partial charge in [0.2, 0.25) is 0 Å². The van der Waals surface area contributed by atoms with E-state index in [1.54, 1.807) is 14.2 Å². The molecule has 1 aromatic carbocycles. The van der Waals surface area contributed by atoms with Gasteiger partial charge in [-0.05, 0) is 31.5 Å². The van der Waals surface area contributed by atoms with Crippen molar-refractivity contribution in [2.24, 2.45) is 5.73 Å². The number of rotatable bonds is 12. The Morgan fingerprint density at radius 2 is 1.90 bits per heavy atom. The van der Waals surface area contributed by atoms with Crippen molar-refractivity contribution < 1.29 is 14.2 Å². The zero-order valence-corrected chi connectivity index (χ0v) is 13.2. The maximum absolute atomic E-state index is 5.64. The lowest BCUT2D eigenvalue weighted by atomic mass is 10.2. The van der Waals surface area contributed by atoms with Crippen LogP contribution in [0.15, 0.2) is 24.3 Å². The summed E-state index contributed by atoms with van der Waals surface area (Å²) in [6, 6.07) is 8.08. The van der Waals surface area contributed by atoms with Crippen molar-refractivity contribution in [3.8, 4) is 5.75 Å². The Kier molecular flexibility index (Phi) is 9.61. The van der Waals surface area contributed by atoms with Gasteiger partial charge in [-0.2, -0.15) is 0 Å². The maximum atomic E-state index is 5.64. The van der Waals surface area contributed by atoms with E-state index in [1.165, 1.54) is 0 Å². The number of ether oxygens (including phenoxy) is 3. The standard InChI is InChI=1S/C16H28N2O3/c1-19-11-5-12-21-13-10-18(9-4-8-17)15-6-3-7-16(14-15)20-2/h3,6-7,14H,4-5,8-13,17H2,1-2H3. The topological polar surface area (TPSA) is 57.0 Å². The van der Waals surface area contributed by atoms with Crippen molar-refractivity contribution in [3.63, 3.8) is 0 Å². The van der Waals surface area contributed by atoms with Crippen molar-refractivity contribution in [2.75, 3.05) is 58.6 Å². The molecule has 0 aliphatic rings. The van der Waals surface area contributed by atoms with E-state index in [0.717, 1.165) is 50.6 Å². The summed E-state index contributed by atoms with van der Waals surface area (Å²) in [5.41, 5.74) is 6.77. The highest BCUT2D eigenvalue weighted by molar-refractivity contribution is 5.50. The van der Waals surface area contributed by atoms with Gasteiger partial charge in [0.15, 0.2) is 0 Å². The molecule has 0 spiro atoms. The molecule has 0 amide bonds. The zero-order chi connectivity index (χ0) is 15.3. The first-order valence-corrected chi connectivity index (χ1v) is 7.47. The zero-order valence-electron chi connectivity index (χ0n) is 13.2. The van der Waals surface area contributed by atoms with Crippen molar-refractivity contribution >= 4 is 5.69 Å². The highest BCUT2D eigenvalue weighted by Gasteiger charge is 2.07. The molecule has 0 heterocycles. The predicted molar refractivity (Wildman–Crippen MR) is 86.2 cm³/mol. The fraction of sp³-hybridized carbons (Fsp3) is 0.625. The molecule has 0 saturated carbocycles. The first kappa shape index (κ1) is 17.8. The second-order valence-electron chi connectivity index (χ2n) is 4.79. The van der Waals surface area contributed by atoms with E-state index < -0.39 is 0 Å². The van der Waals surface area contributed by atoms with Gasteiger partial charge in [0.05, 0.1) is 13.7 Å². The second kappa shape index (κ2) is 11.4. The summed E-state index contributed by atoms with van der Waals surface area (Å²) >= 11 is 0. The molecular weight excluding hydrogens is 268 g/mol. The van der Waals surface area contributed by atoms with Gasteiger partial charge in [-0.3, -0.25) is 0 Å². The van der Waals surface area contributed by atoms with Gasteiger partial charge in [0.1, 0.15) is 5.75 Å². The van der Waals surface area contributed by atoms with Gasteiger partial charge in [-0.25, -0.2) is 0 Å². The molecule has 5 nitrogen and oxygen atoms in total. The maximum Gasteiger partial charge on any atom is 0.120 e. The summed E-state index contributed by atoms with van der Waals surface area (Å²) in [7, 11) is 3.39. The van der Waals surface area contributed by atoms with Crippen LogP contribution in [0.2, 0.25) is 0 Å². The highest BCUT2D eigenvalue weighted by atomic mass is 16.5. The normalized spacial score (nSPS) is 10.6. The van der Waals surface area contributed by atoms with E-state index in [-0.39, 0.29) is 0 Å². The molecule has 0 aliphatic heterocycles. The van der Waals surface area contributed by atoms with Crippen molar-refractivity contribution in [3.05, 3.63) is 24.3 Å². The quantitative estimate of drug-likeness (QED) is 0.597. The van der Waals surface area contributed by atoms with E-state index in [1.807, 2.05) is 18.2 Å². The molecule has 0 atom stereocenters. The van der Waals surface area contributed by atoms with Gasteiger partial charge in [-0.15, -0.1) is 0 Å². The molecular formula is C16H28N2O3. The van der Waals surface area contributed by atoms with Crippen molar-refractivity contribution in [1.82, 2.24) is 0 Å². The molecule has 0 saturated heterocycles. The van der Waals surface area contributed by atoms with Crippen LogP contribution in [0.1, 0.15) is 12.8 Å². The third kappa shape index (κ3) is 7.32. The average Bonchev–Trinajstić information content (AvgIpc) is 2.53. The Labute approximate surface area is 128 Å². The lowest BCUT2D eigenvalue weighted by Crippen LogP contribution is -2.30. The summed E-state index contributed by atoms with van der Waals surface area (Å²) in [6.45, 7) is 4.63. The number of methoxy groups -OCH3 is 2. The molecule has 0 aliphatic carbocycles. The van der Waals surface area contributed by atoms with E-state index >= 15 is 0 Å². The van der Waals surface area contributed by atoms with Crippen molar-refractivity contribution in [1.29, 1.82) is 0 Å². The number of hydrogen-bond donors (Lipinski definition) is 1. The molecule has 1 rings (SSSR count). The first-order valence-electron chi connectivity index (χ1n) is 7.47. The van der Waals surface area contributed by atoms with Crippen LogP contribution in [0.5, 0.6) is 5.75 Å². The van der Waals surface area contributed by atoms with E-state index in [0.29, 0.717) is 13.2 Å². The summed E-state index contributed by atoms with van der Waals surface area (Å²) < 4.78 is 15.9. The Morgan fingerprint density at radius 1 is 1.05 bits per heavy atom. The Morgan fingerprint density at radius 3 is 2.62 bits per heavy atom. The molecule has 1 aromatic rings. The summed E-state index contributed by atoms with van der Waals surface area (Å²) in [5.74, 6) is 0.867. The monoisotopic (exact) mass is 296 g/mol. The molecule has 0 bridgehead atoms. The molecule has 21 heavy (non-hydrogen) atoms. The minimum absolute atomic E-state index is 0.690. The van der Waals surface area contributed by atoms with Gasteiger partial charge in [0, 0.05) is 45.2 Å². The third-order valence-electron chi connectivity index (χ3n) is 3.19. The summed E-state index contributed by atoms with van der Waals surface area (Å²) in [6.07, 6.45) is 1.89. The second-order valence-corrected chi connectivity index (χ2v) is 4.79. The fourth-order valence-corrected chi connectivity index (χ4v) is 2.04. The number of hydrogen-bond acceptors (Lipinski definition) is 5. The van der Waals surface area contributed by atoms with Gasteiger partial charge >= 0.3 is 0 Å². The van der Waals surface area contributed by atoms with Crippen LogP contribution in [0.25, 0.3) is 0 Å². The van der Waals surface area contributed by atoms with Crippen LogP contribution < -0.4 is 15.4 Å².